The zero-order valence-electron chi connectivity index (χ0n) is 18.5. The molecule has 3 aromatic carbocycles. The molecule has 1 amide bonds. The Morgan fingerprint density at radius 1 is 0.969 bits per heavy atom. The Balaban J connectivity index is 1.63. The maximum absolute atomic E-state index is 12.9. The second kappa shape index (κ2) is 10.3. The maximum Gasteiger partial charge on any atom is 0.264 e. The fourth-order valence-corrected chi connectivity index (χ4v) is 4.42. The number of amides is 1. The first-order chi connectivity index (χ1) is 15.3. The Hall–Kier alpha value is -3.32. The van der Waals surface area contributed by atoms with Gasteiger partial charge in [0, 0.05) is 12.7 Å². The molecule has 0 aliphatic rings. The summed E-state index contributed by atoms with van der Waals surface area (Å²) in [7, 11) is -2.19. The molecule has 0 saturated carbocycles. The Bertz CT molecular complexity index is 1150. The molecular formula is C25H28N2O4S. The number of hydrogen-bond donors (Lipinski definition) is 1. The van der Waals surface area contributed by atoms with E-state index >= 15 is 0 Å². The van der Waals surface area contributed by atoms with Crippen molar-refractivity contribution in [3.8, 4) is 5.75 Å². The number of carbonyl (C=O) groups excluding carboxylic acids is 1. The van der Waals surface area contributed by atoms with Crippen molar-refractivity contribution in [1.29, 1.82) is 0 Å². The van der Waals surface area contributed by atoms with Crippen molar-refractivity contribution < 1.29 is 17.9 Å². The maximum atomic E-state index is 12.9. The predicted molar refractivity (Wildman–Crippen MR) is 128 cm³/mol. The molecule has 6 nitrogen and oxygen atoms in total. The summed E-state index contributed by atoms with van der Waals surface area (Å²) in [5.41, 5.74) is 2.13. The van der Waals surface area contributed by atoms with E-state index in [4.69, 9.17) is 4.74 Å². The Kier molecular flexibility index (Phi) is 7.53. The summed E-state index contributed by atoms with van der Waals surface area (Å²) in [6.45, 7) is 4.09. The standard InChI is InChI=1S/C25H28N2O4S/c1-4-19(2)23-12-8-9-13-24(23)31-18-25(28)26-20-14-16-22(17-15-20)32(29,30)27(3)21-10-6-5-7-11-21/h5-17,19H,4,18H2,1-3H3,(H,26,28). The first-order valence-electron chi connectivity index (χ1n) is 10.5. The molecule has 3 rings (SSSR count). The normalized spacial score (nSPS) is 12.1. The van der Waals surface area contributed by atoms with Gasteiger partial charge in [0.15, 0.2) is 6.61 Å². The summed E-state index contributed by atoms with van der Waals surface area (Å²) in [6, 6.07) is 22.6. The SMILES string of the molecule is CCC(C)c1ccccc1OCC(=O)Nc1ccc(S(=O)(=O)N(C)c2ccccc2)cc1. The number of rotatable bonds is 9. The fourth-order valence-electron chi connectivity index (χ4n) is 3.22. The number of anilines is 2. The molecule has 0 radical (unpaired) electrons. The number of ether oxygens (including phenoxy) is 1. The predicted octanol–water partition coefficient (Wildman–Crippen LogP) is 5.04. The average molecular weight is 453 g/mol. The van der Waals surface area contributed by atoms with Crippen molar-refractivity contribution in [2.75, 3.05) is 23.3 Å². The summed E-state index contributed by atoms with van der Waals surface area (Å²) < 4.78 is 32.7. The van der Waals surface area contributed by atoms with E-state index in [1.807, 2.05) is 30.3 Å². The molecule has 0 bridgehead atoms. The molecule has 1 atom stereocenters. The molecule has 0 fully saturated rings. The Morgan fingerprint density at radius 2 is 1.59 bits per heavy atom. The van der Waals surface area contributed by atoms with Gasteiger partial charge in [-0.1, -0.05) is 50.2 Å². The molecule has 32 heavy (non-hydrogen) atoms. The Morgan fingerprint density at radius 3 is 2.25 bits per heavy atom. The van der Waals surface area contributed by atoms with E-state index in [0.29, 0.717) is 23.0 Å². The van der Waals surface area contributed by atoms with Crippen LogP contribution < -0.4 is 14.4 Å². The molecular weight excluding hydrogens is 424 g/mol. The Labute approximate surface area is 189 Å². The molecule has 1 unspecified atom stereocenters. The molecule has 0 saturated heterocycles. The number of nitrogens with one attached hydrogen (secondary N) is 1. The van der Waals surface area contributed by atoms with Gasteiger partial charge in [-0.15, -0.1) is 0 Å². The van der Waals surface area contributed by atoms with Crippen LogP contribution in [0.4, 0.5) is 11.4 Å². The summed E-state index contributed by atoms with van der Waals surface area (Å²) in [6.07, 6.45) is 0.973. The first-order valence-corrected chi connectivity index (χ1v) is 11.9. The minimum atomic E-state index is -3.70. The van der Waals surface area contributed by atoms with Gasteiger partial charge in [0.2, 0.25) is 0 Å². The van der Waals surface area contributed by atoms with Crippen LogP contribution in [-0.4, -0.2) is 28.0 Å². The molecule has 0 spiro atoms. The highest BCUT2D eigenvalue weighted by atomic mass is 32.2. The highest BCUT2D eigenvalue weighted by Crippen LogP contribution is 2.28. The molecule has 0 aromatic heterocycles. The highest BCUT2D eigenvalue weighted by Gasteiger charge is 2.21. The molecule has 7 heteroatoms. The lowest BCUT2D eigenvalue weighted by atomic mass is 9.98. The summed E-state index contributed by atoms with van der Waals surface area (Å²) >= 11 is 0. The summed E-state index contributed by atoms with van der Waals surface area (Å²) in [5.74, 6) is 0.709. The van der Waals surface area contributed by atoms with Crippen molar-refractivity contribution in [2.24, 2.45) is 0 Å². The third-order valence-electron chi connectivity index (χ3n) is 5.34. The summed E-state index contributed by atoms with van der Waals surface area (Å²) in [5, 5.41) is 2.74. The minimum absolute atomic E-state index is 0.135. The molecule has 3 aromatic rings. The van der Waals surface area contributed by atoms with Gasteiger partial charge in [0.05, 0.1) is 10.6 Å². The van der Waals surface area contributed by atoms with Crippen molar-refractivity contribution in [3.05, 3.63) is 84.4 Å². The number of nitrogens with zero attached hydrogens (tertiary/aromatic N) is 1. The van der Waals surface area contributed by atoms with Gasteiger partial charge in [-0.2, -0.15) is 0 Å². The van der Waals surface area contributed by atoms with Crippen LogP contribution in [0.3, 0.4) is 0 Å². The van der Waals surface area contributed by atoms with E-state index in [-0.39, 0.29) is 17.4 Å². The van der Waals surface area contributed by atoms with Crippen LogP contribution in [0.1, 0.15) is 31.7 Å². The van der Waals surface area contributed by atoms with Crippen molar-refractivity contribution in [2.45, 2.75) is 31.1 Å². The van der Waals surface area contributed by atoms with E-state index in [1.54, 1.807) is 36.4 Å². The molecule has 1 N–H and O–H groups in total. The van der Waals surface area contributed by atoms with Gasteiger partial charge in [0.1, 0.15) is 5.75 Å². The molecule has 0 aliphatic carbocycles. The topological polar surface area (TPSA) is 75.7 Å². The average Bonchev–Trinajstić information content (AvgIpc) is 2.82. The van der Waals surface area contributed by atoms with Crippen LogP contribution in [-0.2, 0) is 14.8 Å². The largest absolute Gasteiger partial charge is 0.483 e. The number of benzene rings is 3. The van der Waals surface area contributed by atoms with Gasteiger partial charge in [-0.05, 0) is 60.4 Å². The number of hydrogen-bond acceptors (Lipinski definition) is 4. The van der Waals surface area contributed by atoms with Crippen LogP contribution >= 0.6 is 0 Å². The van der Waals surface area contributed by atoms with Crippen molar-refractivity contribution >= 4 is 27.3 Å². The van der Waals surface area contributed by atoms with E-state index in [2.05, 4.69) is 19.2 Å². The third-order valence-corrected chi connectivity index (χ3v) is 7.14. The third kappa shape index (κ3) is 5.48. The highest BCUT2D eigenvalue weighted by molar-refractivity contribution is 7.92. The zero-order valence-corrected chi connectivity index (χ0v) is 19.3. The monoisotopic (exact) mass is 452 g/mol. The number of sulfonamides is 1. The number of carbonyl (C=O) groups is 1. The first kappa shape index (κ1) is 23.3. The van der Waals surface area contributed by atoms with Gasteiger partial charge < -0.3 is 10.1 Å². The smallest absolute Gasteiger partial charge is 0.264 e. The van der Waals surface area contributed by atoms with E-state index < -0.39 is 10.0 Å². The van der Waals surface area contributed by atoms with E-state index in [0.717, 1.165) is 12.0 Å². The lowest BCUT2D eigenvalue weighted by Crippen LogP contribution is -2.26. The van der Waals surface area contributed by atoms with Crippen LogP contribution in [0.5, 0.6) is 5.75 Å². The van der Waals surface area contributed by atoms with Gasteiger partial charge in [-0.3, -0.25) is 9.10 Å². The van der Waals surface area contributed by atoms with Gasteiger partial charge in [-0.25, -0.2) is 8.42 Å². The van der Waals surface area contributed by atoms with E-state index in [9.17, 15) is 13.2 Å². The van der Waals surface area contributed by atoms with Gasteiger partial charge >= 0.3 is 0 Å². The van der Waals surface area contributed by atoms with Crippen LogP contribution in [0.15, 0.2) is 83.8 Å². The summed E-state index contributed by atoms with van der Waals surface area (Å²) in [4.78, 5) is 12.5. The fraction of sp³-hybridized carbons (Fsp3) is 0.240. The lowest BCUT2D eigenvalue weighted by molar-refractivity contribution is -0.118. The second-order valence-electron chi connectivity index (χ2n) is 7.52. The van der Waals surface area contributed by atoms with Crippen LogP contribution in [0.25, 0.3) is 0 Å². The number of para-hydroxylation sites is 2. The molecule has 0 aliphatic heterocycles. The van der Waals surface area contributed by atoms with Crippen molar-refractivity contribution in [3.63, 3.8) is 0 Å². The van der Waals surface area contributed by atoms with Crippen LogP contribution in [0.2, 0.25) is 0 Å². The van der Waals surface area contributed by atoms with Crippen LogP contribution in [0, 0.1) is 0 Å². The molecule has 168 valence electrons. The van der Waals surface area contributed by atoms with E-state index in [1.165, 1.54) is 23.5 Å². The molecule has 0 heterocycles. The lowest BCUT2D eigenvalue weighted by Gasteiger charge is -2.19. The quantitative estimate of drug-likeness (QED) is 0.493. The second-order valence-corrected chi connectivity index (χ2v) is 9.49. The zero-order chi connectivity index (χ0) is 23.1. The minimum Gasteiger partial charge on any atom is -0.483 e. The van der Waals surface area contributed by atoms with Crippen molar-refractivity contribution in [1.82, 2.24) is 0 Å². The van der Waals surface area contributed by atoms with Gasteiger partial charge in [0.25, 0.3) is 15.9 Å².